The molecule has 0 spiro atoms. The number of imide groups is 2. The summed E-state index contributed by atoms with van der Waals surface area (Å²) < 4.78 is 74.0. The number of hydrogen-bond donors (Lipinski definition) is 1. The van der Waals surface area contributed by atoms with E-state index >= 15 is 8.78 Å². The number of fused-ring (bicyclic) bond motifs is 4. The molecule has 304 valence electrons. The highest BCUT2D eigenvalue weighted by atomic mass is 35.5. The molecule has 0 radical (unpaired) electrons. The van der Waals surface area contributed by atoms with Gasteiger partial charge >= 0.3 is 0 Å². The molecule has 2 aliphatic heterocycles. The third kappa shape index (κ3) is 5.71. The summed E-state index contributed by atoms with van der Waals surface area (Å²) in [7, 11) is 3.82. The Morgan fingerprint density at radius 1 is 0.729 bits per heavy atom. The quantitative estimate of drug-likeness (QED) is 0.0393. The molecule has 6 atom stereocenters. The molecule has 0 bridgehead atoms. The van der Waals surface area contributed by atoms with Crippen LogP contribution in [0.25, 0.3) is 0 Å². The molecule has 0 aromatic heterocycles. The van der Waals surface area contributed by atoms with Gasteiger partial charge in [0.05, 0.1) is 28.9 Å². The molecule has 4 amide bonds. The molecule has 1 N–H and O–H groups in total. The lowest BCUT2D eigenvalue weighted by atomic mass is 9.56. The summed E-state index contributed by atoms with van der Waals surface area (Å²) >= 11 is 14.5. The molecule has 1 saturated carbocycles. The fourth-order valence-electron chi connectivity index (χ4n) is 8.95. The third-order valence-electron chi connectivity index (χ3n) is 11.8. The fraction of sp³-hybridized carbons (Fsp3) is 0.286. The predicted molar refractivity (Wildman–Crippen MR) is 208 cm³/mol. The lowest BCUT2D eigenvalue weighted by Gasteiger charge is -2.50. The van der Waals surface area contributed by atoms with E-state index in [0.717, 1.165) is 10.6 Å². The number of anilines is 3. The normalized spacial score (nSPS) is 26.4. The van der Waals surface area contributed by atoms with Crippen molar-refractivity contribution in [3.05, 3.63) is 118 Å². The smallest absolute Gasteiger partial charge is 0.258 e. The van der Waals surface area contributed by atoms with E-state index in [1.54, 1.807) is 44.2 Å². The van der Waals surface area contributed by atoms with Gasteiger partial charge in [-0.2, -0.15) is 10.2 Å². The topological polar surface area (TPSA) is 123 Å². The number of benzene rings is 4. The van der Waals surface area contributed by atoms with Crippen molar-refractivity contribution in [3.8, 4) is 5.75 Å². The van der Waals surface area contributed by atoms with E-state index in [4.69, 9.17) is 23.2 Å². The fourth-order valence-corrected chi connectivity index (χ4v) is 9.89. The van der Waals surface area contributed by atoms with Gasteiger partial charge in [0, 0.05) is 25.7 Å². The van der Waals surface area contributed by atoms with Crippen LogP contribution in [0.4, 0.5) is 50.4 Å². The van der Waals surface area contributed by atoms with E-state index in [0.29, 0.717) is 28.1 Å². The van der Waals surface area contributed by atoms with Gasteiger partial charge in [0.2, 0.25) is 17.6 Å². The maximum Gasteiger partial charge on any atom is 0.258 e. The van der Waals surface area contributed by atoms with Crippen LogP contribution in [0.1, 0.15) is 35.4 Å². The maximum absolute atomic E-state index is 15.4. The first-order valence-electron chi connectivity index (χ1n) is 18.3. The summed E-state index contributed by atoms with van der Waals surface area (Å²) in [6.07, 6.45) is 0.932. The summed E-state index contributed by atoms with van der Waals surface area (Å²) in [6, 6.07) is 16.4. The molecule has 2 aliphatic carbocycles. The van der Waals surface area contributed by atoms with E-state index < -0.39 is 98.2 Å². The van der Waals surface area contributed by atoms with Gasteiger partial charge < -0.3 is 10.0 Å². The molecule has 2 saturated heterocycles. The number of allylic oxidation sites excluding steroid dienone is 2. The van der Waals surface area contributed by atoms with Crippen LogP contribution < -0.4 is 14.7 Å². The summed E-state index contributed by atoms with van der Waals surface area (Å²) in [4.78, 5) is 55.0. The zero-order chi connectivity index (χ0) is 42.6. The Balaban J connectivity index is 1.19. The average molecular weight is 853 g/mol. The number of alkyl halides is 2. The number of carbonyl (C=O) groups excluding carboxylic acids is 4. The van der Waals surface area contributed by atoms with E-state index in [2.05, 4.69) is 10.2 Å². The van der Waals surface area contributed by atoms with Crippen LogP contribution >= 0.6 is 23.2 Å². The first-order valence-corrected chi connectivity index (χ1v) is 19.0. The minimum Gasteiger partial charge on any atom is -0.507 e. The largest absolute Gasteiger partial charge is 0.507 e. The molecule has 59 heavy (non-hydrogen) atoms. The van der Waals surface area contributed by atoms with Crippen molar-refractivity contribution in [2.75, 3.05) is 28.8 Å². The first kappa shape index (κ1) is 40.1. The van der Waals surface area contributed by atoms with Crippen molar-refractivity contribution in [1.82, 2.24) is 0 Å². The number of phenols is 1. The van der Waals surface area contributed by atoms with Crippen LogP contribution in [0.5, 0.6) is 5.75 Å². The van der Waals surface area contributed by atoms with E-state index in [9.17, 15) is 37.5 Å². The van der Waals surface area contributed by atoms with Crippen molar-refractivity contribution in [2.45, 2.75) is 42.4 Å². The van der Waals surface area contributed by atoms with Crippen LogP contribution in [0.3, 0.4) is 0 Å². The Bertz CT molecular complexity index is 2540. The lowest BCUT2D eigenvalue weighted by molar-refractivity contribution is -0.125. The molecule has 4 aromatic rings. The monoisotopic (exact) mass is 851 g/mol. The second-order valence-corrected chi connectivity index (χ2v) is 16.6. The minimum atomic E-state index is -2.68. The highest BCUT2D eigenvalue weighted by molar-refractivity contribution is 6.58. The molecule has 17 heteroatoms. The number of carbonyl (C=O) groups is 4. The van der Waals surface area contributed by atoms with Crippen LogP contribution in [0.15, 0.2) is 82.5 Å². The Morgan fingerprint density at radius 2 is 1.25 bits per heavy atom. The van der Waals surface area contributed by atoms with E-state index in [1.165, 1.54) is 24.3 Å². The van der Waals surface area contributed by atoms with Crippen LogP contribution in [0, 0.1) is 60.7 Å². The summed E-state index contributed by atoms with van der Waals surface area (Å²) in [5.74, 6) is -21.5. The molecule has 4 aromatic carbocycles. The number of amides is 4. The molecule has 2 heterocycles. The molecule has 6 unspecified atom stereocenters. The number of aryl methyl sites for hydroxylation is 2. The first-order chi connectivity index (χ1) is 27.8. The number of nitrogens with zero attached hydrogens (tertiary/aromatic N) is 5. The number of phenolic OH excluding ortho intramolecular Hbond substituents is 1. The summed E-state index contributed by atoms with van der Waals surface area (Å²) in [5, 5.41) is 19.1. The third-order valence-corrected chi connectivity index (χ3v) is 13.2. The average Bonchev–Trinajstić information content (AvgIpc) is 3.55. The van der Waals surface area contributed by atoms with E-state index in [1.807, 2.05) is 31.1 Å². The highest BCUT2D eigenvalue weighted by Gasteiger charge is 2.77. The number of aromatic hydroxyl groups is 1. The van der Waals surface area contributed by atoms with Crippen molar-refractivity contribution >= 4 is 75.3 Å². The van der Waals surface area contributed by atoms with Gasteiger partial charge in [0.1, 0.15) is 11.4 Å². The highest BCUT2D eigenvalue weighted by Crippen LogP contribution is 2.66. The zero-order valence-electron chi connectivity index (χ0n) is 31.5. The van der Waals surface area contributed by atoms with Crippen molar-refractivity contribution < 1.29 is 46.2 Å². The van der Waals surface area contributed by atoms with Gasteiger partial charge in [-0.3, -0.25) is 24.1 Å². The van der Waals surface area contributed by atoms with Crippen LogP contribution in [0.2, 0.25) is 0 Å². The molecule has 4 aliphatic rings. The van der Waals surface area contributed by atoms with Gasteiger partial charge in [-0.25, -0.2) is 26.9 Å². The second kappa shape index (κ2) is 14.0. The molecular formula is C42H32Cl2F5N5O5. The van der Waals surface area contributed by atoms with Gasteiger partial charge in [-0.05, 0) is 97.8 Å². The number of hydrogen-bond acceptors (Lipinski definition) is 8. The van der Waals surface area contributed by atoms with Crippen LogP contribution in [-0.4, -0.2) is 52.6 Å². The number of rotatable bonds is 6. The van der Waals surface area contributed by atoms with Gasteiger partial charge in [0.15, 0.2) is 33.0 Å². The van der Waals surface area contributed by atoms with Crippen molar-refractivity contribution in [1.29, 1.82) is 0 Å². The summed E-state index contributed by atoms with van der Waals surface area (Å²) in [5.41, 5.74) is 1.42. The Kier molecular flexibility index (Phi) is 9.50. The second-order valence-electron chi connectivity index (χ2n) is 15.3. The minimum absolute atomic E-state index is 0.0330. The SMILES string of the molecule is Cc1cc(C2C3=CCC4C(=O)N(c5ccc(N=Nc6ccc(N(C)C)cc6)cc5)C(=O)C4C3CC3(Cl)C(=O)N(c4c(F)c(F)c(F)c(F)c4F)C(=O)C23Cl)cc(C)c1O. The lowest BCUT2D eigenvalue weighted by Crippen LogP contribution is -2.60. The Hall–Kier alpha value is -5.67. The zero-order valence-corrected chi connectivity index (χ0v) is 33.0. The Labute approximate surface area is 343 Å². The van der Waals surface area contributed by atoms with E-state index in [-0.39, 0.29) is 28.3 Å². The molecule has 10 nitrogen and oxygen atoms in total. The van der Waals surface area contributed by atoms with Crippen molar-refractivity contribution in [3.63, 3.8) is 0 Å². The van der Waals surface area contributed by atoms with Gasteiger partial charge in [-0.15, -0.1) is 23.2 Å². The number of halogens is 7. The molecule has 3 fully saturated rings. The maximum atomic E-state index is 15.4. The Morgan fingerprint density at radius 3 is 1.80 bits per heavy atom. The van der Waals surface area contributed by atoms with Crippen LogP contribution in [-0.2, 0) is 19.2 Å². The number of azo groups is 1. The van der Waals surface area contributed by atoms with Crippen molar-refractivity contribution in [2.24, 2.45) is 28.0 Å². The van der Waals surface area contributed by atoms with Gasteiger partial charge in [-0.1, -0.05) is 23.8 Å². The predicted octanol–water partition coefficient (Wildman–Crippen LogP) is 8.95. The molecule has 8 rings (SSSR count). The summed E-state index contributed by atoms with van der Waals surface area (Å²) in [6.45, 7) is 3.09. The molecular weight excluding hydrogens is 820 g/mol. The van der Waals surface area contributed by atoms with Gasteiger partial charge in [0.25, 0.3) is 11.8 Å². The standard InChI is InChI=1S/C42H32Cl2F5N5O5/c1-18-15-20(16-19(2)36(18)55)29-25-13-14-26-28(38(57)53(37(26)56)24-11-7-22(8-12-24)51-50-21-5-9-23(10-6-21)52(3)4)27(25)17-41(43)39(58)54(40(59)42(29,41)44)35-33(48)31(46)30(45)32(47)34(35)49/h5-13,15-16,26-29,55H,14,17H2,1-4H3.